The third kappa shape index (κ3) is 2.69. The number of nitrogens with one attached hydrogen (secondary N) is 1. The monoisotopic (exact) mass is 255 g/mol. The average Bonchev–Trinajstić information content (AvgIpc) is 2.77. The number of halogens is 3. The van der Waals surface area contributed by atoms with E-state index in [0.717, 1.165) is 25.0 Å². The number of rotatable bonds is 3. The lowest BCUT2D eigenvalue weighted by atomic mass is 10.1. The molecular weight excluding hydrogens is 243 g/mol. The van der Waals surface area contributed by atoms with Crippen LogP contribution in [0.25, 0.3) is 11.4 Å². The highest BCUT2D eigenvalue weighted by atomic mass is 19.4. The highest BCUT2D eigenvalue weighted by molar-refractivity contribution is 5.56. The van der Waals surface area contributed by atoms with Gasteiger partial charge in [0.25, 0.3) is 0 Å². The first-order valence-electron chi connectivity index (χ1n) is 5.59. The van der Waals surface area contributed by atoms with Gasteiger partial charge in [-0.25, -0.2) is 4.98 Å². The fourth-order valence-corrected chi connectivity index (χ4v) is 1.61. The van der Waals surface area contributed by atoms with Crippen molar-refractivity contribution in [1.29, 1.82) is 0 Å². The Labute approximate surface area is 102 Å². The van der Waals surface area contributed by atoms with Crippen LogP contribution in [0.15, 0.2) is 24.3 Å². The van der Waals surface area contributed by atoms with E-state index in [2.05, 4.69) is 15.2 Å². The van der Waals surface area contributed by atoms with E-state index in [0.29, 0.717) is 17.2 Å². The van der Waals surface area contributed by atoms with E-state index in [1.54, 1.807) is 6.07 Å². The third-order valence-electron chi connectivity index (χ3n) is 2.47. The van der Waals surface area contributed by atoms with Gasteiger partial charge in [0.05, 0.1) is 5.56 Å². The molecule has 6 heteroatoms. The minimum Gasteiger partial charge on any atom is -0.263 e. The molecular formula is C12H12F3N3. The van der Waals surface area contributed by atoms with Gasteiger partial charge in [-0.3, -0.25) is 5.10 Å². The summed E-state index contributed by atoms with van der Waals surface area (Å²) in [5, 5.41) is 6.65. The fraction of sp³-hybridized carbons (Fsp3) is 0.333. The first-order valence-corrected chi connectivity index (χ1v) is 5.59. The molecule has 1 heterocycles. The van der Waals surface area contributed by atoms with Crippen LogP contribution in [-0.4, -0.2) is 15.2 Å². The molecule has 0 fully saturated rings. The van der Waals surface area contributed by atoms with Gasteiger partial charge in [0.2, 0.25) is 0 Å². The van der Waals surface area contributed by atoms with E-state index in [4.69, 9.17) is 0 Å². The molecule has 1 aromatic heterocycles. The van der Waals surface area contributed by atoms with E-state index in [1.165, 1.54) is 6.07 Å². The van der Waals surface area contributed by atoms with Gasteiger partial charge in [-0.2, -0.15) is 18.3 Å². The van der Waals surface area contributed by atoms with Crippen LogP contribution in [-0.2, 0) is 12.6 Å². The molecule has 0 atom stereocenters. The number of aromatic amines is 1. The van der Waals surface area contributed by atoms with Gasteiger partial charge in [0.15, 0.2) is 5.82 Å². The molecule has 0 bridgehead atoms. The standard InChI is InChI=1S/C12H12F3N3/c1-2-4-10-16-11(18-17-10)8-5-3-6-9(7-8)12(13,14)15/h3,5-7H,2,4H2,1H3,(H,16,17,18). The van der Waals surface area contributed by atoms with Crippen LogP contribution in [0, 0.1) is 0 Å². The Kier molecular flexibility index (Phi) is 3.36. The van der Waals surface area contributed by atoms with E-state index in [9.17, 15) is 13.2 Å². The number of hydrogen-bond donors (Lipinski definition) is 1. The lowest BCUT2D eigenvalue weighted by molar-refractivity contribution is -0.137. The summed E-state index contributed by atoms with van der Waals surface area (Å²) in [5.41, 5.74) is -0.328. The van der Waals surface area contributed by atoms with Gasteiger partial charge < -0.3 is 0 Å². The summed E-state index contributed by atoms with van der Waals surface area (Å²) < 4.78 is 37.7. The number of nitrogens with zero attached hydrogens (tertiary/aromatic N) is 2. The molecule has 0 unspecified atom stereocenters. The highest BCUT2D eigenvalue weighted by Crippen LogP contribution is 2.31. The summed E-state index contributed by atoms with van der Waals surface area (Å²) in [6, 6.07) is 5.00. The molecule has 2 rings (SSSR count). The predicted molar refractivity (Wildman–Crippen MR) is 60.8 cm³/mol. The van der Waals surface area contributed by atoms with Crippen molar-refractivity contribution < 1.29 is 13.2 Å². The summed E-state index contributed by atoms with van der Waals surface area (Å²) in [6.07, 6.45) is -2.72. The number of alkyl halides is 3. The Morgan fingerprint density at radius 1 is 1.28 bits per heavy atom. The summed E-state index contributed by atoms with van der Waals surface area (Å²) >= 11 is 0. The topological polar surface area (TPSA) is 41.6 Å². The lowest BCUT2D eigenvalue weighted by Crippen LogP contribution is -2.04. The largest absolute Gasteiger partial charge is 0.416 e. The molecule has 0 spiro atoms. The number of hydrogen-bond acceptors (Lipinski definition) is 2. The van der Waals surface area contributed by atoms with E-state index < -0.39 is 11.7 Å². The molecule has 1 N–H and O–H groups in total. The smallest absolute Gasteiger partial charge is 0.263 e. The van der Waals surface area contributed by atoms with Gasteiger partial charge in [-0.1, -0.05) is 19.1 Å². The zero-order valence-electron chi connectivity index (χ0n) is 9.75. The van der Waals surface area contributed by atoms with Crippen LogP contribution < -0.4 is 0 Å². The van der Waals surface area contributed by atoms with Gasteiger partial charge >= 0.3 is 6.18 Å². The normalized spacial score (nSPS) is 11.8. The van der Waals surface area contributed by atoms with Gasteiger partial charge in [0.1, 0.15) is 5.82 Å². The SMILES string of the molecule is CCCc1nc(-c2cccc(C(F)(F)F)c2)n[nH]1. The molecule has 2 aromatic rings. The Morgan fingerprint density at radius 3 is 2.72 bits per heavy atom. The first kappa shape index (κ1) is 12.6. The molecule has 0 aliphatic heterocycles. The molecule has 0 aliphatic rings. The fourth-order valence-electron chi connectivity index (χ4n) is 1.61. The molecule has 18 heavy (non-hydrogen) atoms. The second-order valence-electron chi connectivity index (χ2n) is 3.93. The highest BCUT2D eigenvalue weighted by Gasteiger charge is 2.30. The third-order valence-corrected chi connectivity index (χ3v) is 2.47. The Balaban J connectivity index is 2.32. The molecule has 0 aliphatic carbocycles. The summed E-state index contributed by atoms with van der Waals surface area (Å²) in [5.74, 6) is 0.981. The maximum Gasteiger partial charge on any atom is 0.416 e. The average molecular weight is 255 g/mol. The second-order valence-corrected chi connectivity index (χ2v) is 3.93. The Bertz CT molecular complexity index is 531. The van der Waals surface area contributed by atoms with Crippen LogP contribution >= 0.6 is 0 Å². The first-order chi connectivity index (χ1) is 8.50. The number of aryl methyl sites for hydroxylation is 1. The maximum absolute atomic E-state index is 12.6. The molecule has 0 saturated carbocycles. The number of H-pyrrole nitrogens is 1. The molecule has 3 nitrogen and oxygen atoms in total. The number of benzene rings is 1. The molecule has 0 saturated heterocycles. The quantitative estimate of drug-likeness (QED) is 0.912. The molecule has 0 radical (unpaired) electrons. The predicted octanol–water partition coefficient (Wildman–Crippen LogP) is 3.44. The Hall–Kier alpha value is -1.85. The Morgan fingerprint density at radius 2 is 2.06 bits per heavy atom. The van der Waals surface area contributed by atoms with Crippen molar-refractivity contribution in [1.82, 2.24) is 15.2 Å². The van der Waals surface area contributed by atoms with Crippen molar-refractivity contribution in [3.05, 3.63) is 35.7 Å². The van der Waals surface area contributed by atoms with Crippen LogP contribution in [0.5, 0.6) is 0 Å². The van der Waals surface area contributed by atoms with E-state index in [-0.39, 0.29) is 0 Å². The summed E-state index contributed by atoms with van der Waals surface area (Å²) in [6.45, 7) is 1.99. The van der Waals surface area contributed by atoms with Crippen LogP contribution in [0.1, 0.15) is 24.7 Å². The summed E-state index contributed by atoms with van der Waals surface area (Å²) in [7, 11) is 0. The number of aromatic nitrogens is 3. The zero-order chi connectivity index (χ0) is 13.2. The maximum atomic E-state index is 12.6. The van der Waals surface area contributed by atoms with Crippen molar-refractivity contribution in [2.75, 3.05) is 0 Å². The molecule has 96 valence electrons. The van der Waals surface area contributed by atoms with Crippen molar-refractivity contribution in [3.8, 4) is 11.4 Å². The zero-order valence-corrected chi connectivity index (χ0v) is 9.75. The van der Waals surface area contributed by atoms with Crippen molar-refractivity contribution in [3.63, 3.8) is 0 Å². The van der Waals surface area contributed by atoms with Gasteiger partial charge in [0, 0.05) is 12.0 Å². The molecule has 1 aromatic carbocycles. The van der Waals surface area contributed by atoms with Crippen LogP contribution in [0.2, 0.25) is 0 Å². The van der Waals surface area contributed by atoms with Crippen LogP contribution in [0.3, 0.4) is 0 Å². The van der Waals surface area contributed by atoms with Crippen molar-refractivity contribution in [2.45, 2.75) is 25.9 Å². The van der Waals surface area contributed by atoms with E-state index >= 15 is 0 Å². The van der Waals surface area contributed by atoms with Gasteiger partial charge in [-0.05, 0) is 18.6 Å². The lowest BCUT2D eigenvalue weighted by Gasteiger charge is -2.06. The second kappa shape index (κ2) is 4.80. The van der Waals surface area contributed by atoms with Crippen molar-refractivity contribution in [2.24, 2.45) is 0 Å². The minimum absolute atomic E-state index is 0.296. The van der Waals surface area contributed by atoms with E-state index in [1.807, 2.05) is 6.92 Å². The minimum atomic E-state index is -4.35. The van der Waals surface area contributed by atoms with Gasteiger partial charge in [-0.15, -0.1) is 0 Å². The van der Waals surface area contributed by atoms with Crippen molar-refractivity contribution >= 4 is 0 Å². The van der Waals surface area contributed by atoms with Crippen LogP contribution in [0.4, 0.5) is 13.2 Å². The summed E-state index contributed by atoms with van der Waals surface area (Å²) in [4.78, 5) is 4.16. The molecule has 0 amide bonds.